The molecule has 0 fully saturated rings. The molecule has 0 saturated heterocycles. The van der Waals surface area contributed by atoms with E-state index in [1.54, 1.807) is 36.4 Å². The van der Waals surface area contributed by atoms with E-state index in [0.717, 1.165) is 6.07 Å². The lowest BCUT2D eigenvalue weighted by Gasteiger charge is -2.26. The van der Waals surface area contributed by atoms with Gasteiger partial charge in [0.2, 0.25) is 0 Å². The minimum absolute atomic E-state index is 0.156. The molecule has 8 heteroatoms. The highest BCUT2D eigenvalue weighted by Crippen LogP contribution is 2.34. The Morgan fingerprint density at radius 2 is 1.90 bits per heavy atom. The molecule has 1 amide bonds. The lowest BCUT2D eigenvalue weighted by Crippen LogP contribution is -2.47. The van der Waals surface area contributed by atoms with Gasteiger partial charge in [0, 0.05) is 31.9 Å². The zero-order chi connectivity index (χ0) is 16.4. The lowest BCUT2D eigenvalue weighted by atomic mass is 10.0. The molecule has 21 heavy (non-hydrogen) atoms. The number of nitrogens with one attached hydrogen (secondary N) is 1. The first-order valence-corrected chi connectivity index (χ1v) is 8.73. The van der Waals surface area contributed by atoms with E-state index in [-0.39, 0.29) is 9.32 Å². The molecule has 1 aromatic carbocycles. The number of halogens is 4. The number of rotatable bonds is 4. The highest BCUT2D eigenvalue weighted by atomic mass is 127. The van der Waals surface area contributed by atoms with Gasteiger partial charge in [-0.25, -0.2) is 0 Å². The van der Waals surface area contributed by atoms with Crippen LogP contribution in [-0.2, 0) is 17.0 Å². The van der Waals surface area contributed by atoms with Crippen LogP contribution in [0.5, 0.6) is 0 Å². The van der Waals surface area contributed by atoms with Crippen molar-refractivity contribution in [1.29, 1.82) is 0 Å². The molecule has 1 unspecified atom stereocenters. The van der Waals surface area contributed by atoms with Gasteiger partial charge in [0.1, 0.15) is 0 Å². The Kier molecular flexibility index (Phi) is 5.82. The second-order valence-corrected chi connectivity index (χ2v) is 7.81. The molecule has 0 aromatic heterocycles. The average Bonchev–Trinajstić information content (AvgIpc) is 2.24. The Labute approximate surface area is 137 Å². The monoisotopic (exact) mass is 433 g/mol. The molecule has 0 saturated carbocycles. The van der Waals surface area contributed by atoms with Crippen molar-refractivity contribution >= 4 is 39.3 Å². The Balaban J connectivity index is 3.17. The first kappa shape index (κ1) is 18.4. The summed E-state index contributed by atoms with van der Waals surface area (Å²) in [5.74, 6) is -0.661. The zero-order valence-electron chi connectivity index (χ0n) is 11.7. The number of amides is 1. The van der Waals surface area contributed by atoms with Crippen molar-refractivity contribution in [2.24, 2.45) is 0 Å². The first-order valence-electron chi connectivity index (χ1n) is 5.92. The summed E-state index contributed by atoms with van der Waals surface area (Å²) in [6.07, 6.45) is -3.13. The van der Waals surface area contributed by atoms with Crippen molar-refractivity contribution in [2.45, 2.75) is 25.6 Å². The minimum atomic E-state index is -4.61. The standard InChI is InChI=1S/C13H15F3INO2S/c1-12(2,7-21(3)20)18-11(19)10-8(13(14,15)16)5-4-6-9(10)17/h4-6H,7H2,1-3H3,(H,18,19). The van der Waals surface area contributed by atoms with Gasteiger partial charge < -0.3 is 5.32 Å². The van der Waals surface area contributed by atoms with Gasteiger partial charge >= 0.3 is 6.18 Å². The summed E-state index contributed by atoms with van der Waals surface area (Å²) in [4.78, 5) is 12.2. The molecular weight excluding hydrogens is 418 g/mol. The Morgan fingerprint density at radius 1 is 1.33 bits per heavy atom. The van der Waals surface area contributed by atoms with E-state index in [1.807, 2.05) is 0 Å². The maximum atomic E-state index is 13.0. The third kappa shape index (κ3) is 5.24. The zero-order valence-corrected chi connectivity index (χ0v) is 14.6. The number of alkyl halides is 3. The molecule has 0 bridgehead atoms. The van der Waals surface area contributed by atoms with Crippen LogP contribution >= 0.6 is 22.6 Å². The van der Waals surface area contributed by atoms with Crippen LogP contribution in [0.4, 0.5) is 13.2 Å². The van der Waals surface area contributed by atoms with Crippen LogP contribution in [0.25, 0.3) is 0 Å². The highest BCUT2D eigenvalue weighted by Gasteiger charge is 2.37. The summed E-state index contributed by atoms with van der Waals surface area (Å²) >= 11 is 1.70. The first-order chi connectivity index (χ1) is 9.44. The molecule has 3 nitrogen and oxygen atoms in total. The van der Waals surface area contributed by atoms with Gasteiger partial charge in [-0.1, -0.05) is 6.07 Å². The van der Waals surface area contributed by atoms with Gasteiger partial charge in [0.05, 0.1) is 11.1 Å². The van der Waals surface area contributed by atoms with Gasteiger partial charge in [0.25, 0.3) is 5.91 Å². The van der Waals surface area contributed by atoms with Crippen LogP contribution in [0.2, 0.25) is 0 Å². The van der Waals surface area contributed by atoms with Crippen LogP contribution in [0.3, 0.4) is 0 Å². The fourth-order valence-electron chi connectivity index (χ4n) is 1.91. The van der Waals surface area contributed by atoms with Crippen LogP contribution in [0, 0.1) is 3.57 Å². The number of hydrogen-bond acceptors (Lipinski definition) is 2. The van der Waals surface area contributed by atoms with E-state index >= 15 is 0 Å². The van der Waals surface area contributed by atoms with E-state index in [1.165, 1.54) is 18.4 Å². The molecule has 118 valence electrons. The minimum Gasteiger partial charge on any atom is -0.346 e. The lowest BCUT2D eigenvalue weighted by molar-refractivity contribution is -0.138. The second-order valence-electron chi connectivity index (χ2n) is 5.22. The van der Waals surface area contributed by atoms with Gasteiger partial charge in [-0.3, -0.25) is 9.00 Å². The number of benzene rings is 1. The fraction of sp³-hybridized carbons (Fsp3) is 0.462. The topological polar surface area (TPSA) is 46.2 Å². The summed E-state index contributed by atoms with van der Waals surface area (Å²) in [7, 11) is -1.17. The van der Waals surface area contributed by atoms with Crippen molar-refractivity contribution in [3.63, 3.8) is 0 Å². The normalized spacial score (nSPS) is 13.9. The van der Waals surface area contributed by atoms with E-state index < -0.39 is 39.5 Å². The van der Waals surface area contributed by atoms with Crippen LogP contribution in [0.1, 0.15) is 29.8 Å². The van der Waals surface area contributed by atoms with E-state index in [2.05, 4.69) is 5.32 Å². The smallest absolute Gasteiger partial charge is 0.346 e. The molecule has 1 rings (SSSR count). The van der Waals surface area contributed by atoms with E-state index in [0.29, 0.717) is 0 Å². The molecule has 0 aliphatic heterocycles. The molecule has 1 aromatic rings. The third-order valence-electron chi connectivity index (χ3n) is 2.56. The Hall–Kier alpha value is -0.640. The predicted octanol–water partition coefficient (Wildman–Crippen LogP) is 3.20. The van der Waals surface area contributed by atoms with Gasteiger partial charge in [-0.2, -0.15) is 13.2 Å². The Morgan fingerprint density at radius 3 is 2.38 bits per heavy atom. The van der Waals surface area contributed by atoms with Crippen molar-refractivity contribution in [3.05, 3.63) is 32.9 Å². The number of hydrogen-bond donors (Lipinski definition) is 1. The molecule has 0 aliphatic carbocycles. The quantitative estimate of drug-likeness (QED) is 0.742. The molecule has 0 heterocycles. The summed E-state index contributed by atoms with van der Waals surface area (Å²) in [5, 5.41) is 2.52. The summed E-state index contributed by atoms with van der Waals surface area (Å²) in [5.41, 5.74) is -2.24. The molecule has 0 aliphatic rings. The maximum Gasteiger partial charge on any atom is 0.417 e. The van der Waals surface area contributed by atoms with Gasteiger partial charge in [-0.05, 0) is 48.6 Å². The second kappa shape index (κ2) is 6.64. The van der Waals surface area contributed by atoms with Gasteiger partial charge in [0.15, 0.2) is 0 Å². The van der Waals surface area contributed by atoms with Crippen molar-refractivity contribution in [2.75, 3.05) is 12.0 Å². The largest absolute Gasteiger partial charge is 0.417 e. The van der Waals surface area contributed by atoms with E-state index in [9.17, 15) is 22.2 Å². The van der Waals surface area contributed by atoms with Crippen molar-refractivity contribution in [1.82, 2.24) is 5.32 Å². The van der Waals surface area contributed by atoms with Crippen LogP contribution in [-0.4, -0.2) is 27.7 Å². The SMILES string of the molecule is CS(=O)CC(C)(C)NC(=O)c1c(I)cccc1C(F)(F)F. The number of carbonyl (C=O) groups is 1. The van der Waals surface area contributed by atoms with Crippen LogP contribution in [0.15, 0.2) is 18.2 Å². The molecule has 0 radical (unpaired) electrons. The number of carbonyl (C=O) groups excluding carboxylic acids is 1. The van der Waals surface area contributed by atoms with Gasteiger partial charge in [-0.15, -0.1) is 0 Å². The maximum absolute atomic E-state index is 13.0. The van der Waals surface area contributed by atoms with Crippen molar-refractivity contribution in [3.8, 4) is 0 Å². The van der Waals surface area contributed by atoms with Crippen molar-refractivity contribution < 1.29 is 22.2 Å². The summed E-state index contributed by atoms with van der Waals surface area (Å²) in [6.45, 7) is 3.24. The molecule has 1 N–H and O–H groups in total. The average molecular weight is 433 g/mol. The third-order valence-corrected chi connectivity index (χ3v) is 4.59. The molecule has 0 spiro atoms. The molecular formula is C13H15F3INO2S. The highest BCUT2D eigenvalue weighted by molar-refractivity contribution is 14.1. The van der Waals surface area contributed by atoms with E-state index in [4.69, 9.17) is 0 Å². The predicted molar refractivity (Wildman–Crippen MR) is 84.6 cm³/mol. The fourth-order valence-corrected chi connectivity index (χ4v) is 3.74. The Bertz CT molecular complexity index is 573. The van der Waals surface area contributed by atoms with Crippen LogP contribution < -0.4 is 5.32 Å². The summed E-state index contributed by atoms with van der Waals surface area (Å²) in [6, 6.07) is 3.57. The summed E-state index contributed by atoms with van der Waals surface area (Å²) < 4.78 is 50.5. The molecule has 1 atom stereocenters.